The number of aromatic amines is 1. The quantitative estimate of drug-likeness (QED) is 0.254. The van der Waals surface area contributed by atoms with Crippen molar-refractivity contribution in [3.63, 3.8) is 0 Å². The summed E-state index contributed by atoms with van der Waals surface area (Å²) in [4.78, 5) is 45.2. The van der Waals surface area contributed by atoms with E-state index in [2.05, 4.69) is 15.6 Å². The van der Waals surface area contributed by atoms with Crippen molar-refractivity contribution in [2.24, 2.45) is 0 Å². The molecule has 4 heterocycles. The molecule has 3 aliphatic rings. The highest BCUT2D eigenvalue weighted by Gasteiger charge is 2.35. The standard InChI is InChI=1S/C37H34N4O6/c1-45-33-13-10-25-19-30(33)24-4-2-5-27(18-24)46-22-35(42)39-20-23-8-11-26(12-9-23)47-34-15-17-41(21-32(34)40-36(25)43)37(44)29-6-3-7-31-28(29)14-16-38-31/h2-14,16,18-19,32,34,38H,15,17,20-22H2,1H3,(H,39,42)(H,40,43)/t32-,34-/m1/s1. The molecular weight excluding hydrogens is 596 g/mol. The van der Waals surface area contributed by atoms with E-state index in [9.17, 15) is 14.4 Å². The van der Waals surface area contributed by atoms with Crippen LogP contribution in [0.15, 0.2) is 97.2 Å². The molecule has 0 aliphatic carbocycles. The molecule has 0 saturated carbocycles. The van der Waals surface area contributed by atoms with Crippen LogP contribution in [-0.4, -0.2) is 66.6 Å². The predicted octanol–water partition coefficient (Wildman–Crippen LogP) is 4.94. The van der Waals surface area contributed by atoms with Gasteiger partial charge in [0.2, 0.25) is 0 Å². The zero-order valence-electron chi connectivity index (χ0n) is 25.8. The van der Waals surface area contributed by atoms with Gasteiger partial charge in [-0.05, 0) is 71.8 Å². The molecule has 0 radical (unpaired) electrons. The second kappa shape index (κ2) is 12.9. The van der Waals surface area contributed by atoms with Gasteiger partial charge in [-0.15, -0.1) is 0 Å². The van der Waals surface area contributed by atoms with Crippen LogP contribution in [0.3, 0.4) is 0 Å². The minimum Gasteiger partial charge on any atom is -0.496 e. The van der Waals surface area contributed by atoms with Crippen molar-refractivity contribution >= 4 is 28.6 Å². The molecule has 0 spiro atoms. The zero-order valence-corrected chi connectivity index (χ0v) is 25.8. The molecule has 3 aliphatic heterocycles. The lowest BCUT2D eigenvalue weighted by atomic mass is 9.98. The minimum absolute atomic E-state index is 0.102. The number of rotatable bonds is 2. The Labute approximate surface area is 271 Å². The molecule has 1 saturated heterocycles. The van der Waals surface area contributed by atoms with Gasteiger partial charge in [0.05, 0.1) is 13.2 Å². The van der Waals surface area contributed by atoms with Crippen molar-refractivity contribution in [2.45, 2.75) is 25.1 Å². The van der Waals surface area contributed by atoms with E-state index in [4.69, 9.17) is 14.2 Å². The van der Waals surface area contributed by atoms with E-state index >= 15 is 0 Å². The number of piperidine rings is 1. The summed E-state index contributed by atoms with van der Waals surface area (Å²) in [5.41, 5.74) is 4.27. The Kier molecular flexibility index (Phi) is 8.22. The average molecular weight is 631 g/mol. The number of methoxy groups -OCH3 is 1. The molecule has 8 rings (SSSR count). The number of aromatic nitrogens is 1. The Morgan fingerprint density at radius 3 is 2.62 bits per heavy atom. The predicted molar refractivity (Wildman–Crippen MR) is 177 cm³/mol. The maximum absolute atomic E-state index is 13.9. The van der Waals surface area contributed by atoms with Gasteiger partial charge < -0.3 is 34.7 Å². The summed E-state index contributed by atoms with van der Waals surface area (Å²) in [7, 11) is 1.57. The van der Waals surface area contributed by atoms with Gasteiger partial charge in [0.15, 0.2) is 6.61 Å². The highest BCUT2D eigenvalue weighted by Crippen LogP contribution is 2.33. The van der Waals surface area contributed by atoms with Gasteiger partial charge in [0.1, 0.15) is 23.4 Å². The Morgan fingerprint density at radius 1 is 0.915 bits per heavy atom. The molecule has 1 aromatic heterocycles. The first-order valence-electron chi connectivity index (χ1n) is 15.5. The van der Waals surface area contributed by atoms with Crippen molar-refractivity contribution in [1.29, 1.82) is 0 Å². The van der Waals surface area contributed by atoms with Crippen molar-refractivity contribution in [3.05, 3.63) is 114 Å². The molecule has 4 aromatic carbocycles. The number of hydrogen-bond donors (Lipinski definition) is 3. The fourth-order valence-electron chi connectivity index (χ4n) is 6.18. The Bertz CT molecular complexity index is 1950. The summed E-state index contributed by atoms with van der Waals surface area (Å²) in [5, 5.41) is 6.93. The maximum atomic E-state index is 13.9. The largest absolute Gasteiger partial charge is 0.496 e. The molecule has 1 fully saturated rings. The van der Waals surface area contributed by atoms with Gasteiger partial charge in [0.25, 0.3) is 17.7 Å². The molecule has 5 aromatic rings. The smallest absolute Gasteiger partial charge is 0.258 e. The number of fused-ring (bicyclic) bond motifs is 8. The van der Waals surface area contributed by atoms with Crippen molar-refractivity contribution in [1.82, 2.24) is 20.5 Å². The van der Waals surface area contributed by atoms with E-state index in [-0.39, 0.29) is 30.9 Å². The van der Waals surface area contributed by atoms with E-state index in [0.29, 0.717) is 53.4 Å². The van der Waals surface area contributed by atoms with Crippen molar-refractivity contribution in [2.75, 3.05) is 26.8 Å². The SMILES string of the molecule is COc1ccc2cc1-c1cccc(c1)OCC(=O)NCc1ccc(cc1)O[C@@H]1CCN(C(=O)c3cccc4[nH]ccc34)C[C@H]1NC2=O. The van der Waals surface area contributed by atoms with Crippen LogP contribution in [0.2, 0.25) is 0 Å². The molecule has 10 nitrogen and oxygen atoms in total. The number of nitrogens with one attached hydrogen (secondary N) is 3. The normalized spacial score (nSPS) is 18.3. The molecule has 3 N–H and O–H groups in total. The van der Waals surface area contributed by atoms with Crippen LogP contribution in [0.25, 0.3) is 22.0 Å². The van der Waals surface area contributed by atoms with Crippen LogP contribution >= 0.6 is 0 Å². The third-order valence-corrected chi connectivity index (χ3v) is 8.66. The fraction of sp³-hybridized carbons (Fsp3) is 0.216. The molecule has 3 amide bonds. The van der Waals surface area contributed by atoms with E-state index in [0.717, 1.165) is 22.0 Å². The molecule has 10 heteroatoms. The molecule has 47 heavy (non-hydrogen) atoms. The van der Waals surface area contributed by atoms with Crippen LogP contribution in [0.4, 0.5) is 0 Å². The number of hydrogen-bond acceptors (Lipinski definition) is 6. The molecule has 238 valence electrons. The monoisotopic (exact) mass is 630 g/mol. The first-order chi connectivity index (χ1) is 22.9. The first-order valence-corrected chi connectivity index (χ1v) is 15.5. The van der Waals surface area contributed by atoms with Gasteiger partial charge >= 0.3 is 0 Å². The molecule has 6 bridgehead atoms. The number of H-pyrrole nitrogens is 1. The lowest BCUT2D eigenvalue weighted by molar-refractivity contribution is -0.123. The first kappa shape index (κ1) is 29.9. The van der Waals surface area contributed by atoms with Gasteiger partial charge in [0, 0.05) is 59.8 Å². The summed E-state index contributed by atoms with van der Waals surface area (Å²) in [5.74, 6) is 1.06. The van der Waals surface area contributed by atoms with Crippen molar-refractivity contribution < 1.29 is 28.6 Å². The second-order valence-corrected chi connectivity index (χ2v) is 11.7. The Morgan fingerprint density at radius 2 is 1.77 bits per heavy atom. The second-order valence-electron chi connectivity index (χ2n) is 11.7. The summed E-state index contributed by atoms with van der Waals surface area (Å²) in [6, 6.07) is 27.0. The number of carbonyl (C=O) groups is 3. The lowest BCUT2D eigenvalue weighted by Crippen LogP contribution is -2.58. The number of benzene rings is 4. The molecule has 2 atom stereocenters. The number of nitrogens with zero attached hydrogens (tertiary/aromatic N) is 1. The number of ether oxygens (including phenoxy) is 3. The molecule has 0 unspecified atom stereocenters. The number of likely N-dealkylation sites (tertiary alicyclic amines) is 1. The highest BCUT2D eigenvalue weighted by molar-refractivity contribution is 6.06. The fourth-order valence-corrected chi connectivity index (χ4v) is 6.18. The van der Waals surface area contributed by atoms with E-state index in [1.165, 1.54) is 0 Å². The van der Waals surface area contributed by atoms with Gasteiger partial charge in [-0.2, -0.15) is 0 Å². The molecular formula is C37H34N4O6. The van der Waals surface area contributed by atoms with E-state index in [1.807, 2.05) is 72.9 Å². The van der Waals surface area contributed by atoms with Crippen LogP contribution < -0.4 is 24.8 Å². The van der Waals surface area contributed by atoms with Crippen LogP contribution in [0, 0.1) is 0 Å². The summed E-state index contributed by atoms with van der Waals surface area (Å²) in [6.07, 6.45) is 1.94. The van der Waals surface area contributed by atoms with Gasteiger partial charge in [-0.25, -0.2) is 0 Å². The summed E-state index contributed by atoms with van der Waals surface area (Å²) in [6.45, 7) is 0.918. The number of amides is 3. The van der Waals surface area contributed by atoms with Gasteiger partial charge in [-0.3, -0.25) is 14.4 Å². The Hall–Kier alpha value is -5.77. The highest BCUT2D eigenvalue weighted by atomic mass is 16.5. The zero-order chi connectivity index (χ0) is 32.3. The topological polar surface area (TPSA) is 122 Å². The van der Waals surface area contributed by atoms with Crippen LogP contribution in [0.1, 0.15) is 32.7 Å². The maximum Gasteiger partial charge on any atom is 0.258 e. The third kappa shape index (κ3) is 6.35. The Balaban J connectivity index is 1.22. The number of carbonyl (C=O) groups excluding carboxylic acids is 3. The van der Waals surface area contributed by atoms with Crippen LogP contribution in [-0.2, 0) is 11.3 Å². The lowest BCUT2D eigenvalue weighted by Gasteiger charge is -2.39. The van der Waals surface area contributed by atoms with E-state index in [1.54, 1.807) is 36.3 Å². The van der Waals surface area contributed by atoms with Crippen LogP contribution in [0.5, 0.6) is 17.2 Å². The third-order valence-electron chi connectivity index (χ3n) is 8.66. The summed E-state index contributed by atoms with van der Waals surface area (Å²) >= 11 is 0. The van der Waals surface area contributed by atoms with Gasteiger partial charge in [-0.1, -0.05) is 30.3 Å². The average Bonchev–Trinajstić information content (AvgIpc) is 3.60. The minimum atomic E-state index is -0.502. The summed E-state index contributed by atoms with van der Waals surface area (Å²) < 4.78 is 17.9. The van der Waals surface area contributed by atoms with E-state index < -0.39 is 12.1 Å². The van der Waals surface area contributed by atoms with Crippen molar-refractivity contribution in [3.8, 4) is 28.4 Å².